The van der Waals surface area contributed by atoms with E-state index in [1.54, 1.807) is 31.3 Å². The van der Waals surface area contributed by atoms with Gasteiger partial charge in [0.1, 0.15) is 5.78 Å². The van der Waals surface area contributed by atoms with Crippen molar-refractivity contribution < 1.29 is 23.9 Å². The Hall–Kier alpha value is -2.36. The number of ketones is 1. The summed E-state index contributed by atoms with van der Waals surface area (Å²) >= 11 is 0. The lowest BCUT2D eigenvalue weighted by Gasteiger charge is -2.29. The molecule has 3 aliphatic rings. The van der Waals surface area contributed by atoms with Crippen molar-refractivity contribution in [3.8, 4) is 0 Å². The highest BCUT2D eigenvalue weighted by Gasteiger charge is 2.42. The van der Waals surface area contributed by atoms with Crippen LogP contribution in [0.2, 0.25) is 0 Å². The highest BCUT2D eigenvalue weighted by molar-refractivity contribution is 5.90. The number of likely N-dealkylation sites (tertiary alicyclic amines) is 1. The Balaban J connectivity index is 1.02. The number of carbonyl (C=O) groups is 3. The number of hydrogen-bond acceptors (Lipinski definition) is 7. The summed E-state index contributed by atoms with van der Waals surface area (Å²) in [5.41, 5.74) is 0.882. The lowest BCUT2D eigenvalue weighted by Crippen LogP contribution is -2.37. The third kappa shape index (κ3) is 8.82. The van der Waals surface area contributed by atoms with Gasteiger partial charge in [0.15, 0.2) is 0 Å². The van der Waals surface area contributed by atoms with Crippen LogP contribution < -0.4 is 10.6 Å². The van der Waals surface area contributed by atoms with Gasteiger partial charge in [-0.2, -0.15) is 0 Å². The number of aromatic nitrogens is 1. The van der Waals surface area contributed by atoms with Gasteiger partial charge in [0.2, 0.25) is 11.8 Å². The second-order valence-corrected chi connectivity index (χ2v) is 11.8. The van der Waals surface area contributed by atoms with Gasteiger partial charge in [-0.1, -0.05) is 6.07 Å². The monoisotopic (exact) mass is 556 g/mol. The Morgan fingerprint density at radius 3 is 2.33 bits per heavy atom. The van der Waals surface area contributed by atoms with Crippen molar-refractivity contribution in [2.45, 2.75) is 102 Å². The summed E-state index contributed by atoms with van der Waals surface area (Å²) in [4.78, 5) is 42.5. The van der Waals surface area contributed by atoms with Crippen molar-refractivity contribution in [3.05, 3.63) is 30.1 Å². The van der Waals surface area contributed by atoms with Crippen molar-refractivity contribution in [1.29, 1.82) is 0 Å². The van der Waals surface area contributed by atoms with Crippen LogP contribution in [-0.2, 0) is 23.9 Å². The summed E-state index contributed by atoms with van der Waals surface area (Å²) in [6.45, 7) is 4.46. The largest absolute Gasteiger partial charge is 0.378 e. The van der Waals surface area contributed by atoms with E-state index >= 15 is 0 Å². The van der Waals surface area contributed by atoms with Crippen LogP contribution in [0.5, 0.6) is 0 Å². The summed E-state index contributed by atoms with van der Waals surface area (Å²) in [5, 5.41) is 6.64. The van der Waals surface area contributed by atoms with Crippen LogP contribution in [0.3, 0.4) is 0 Å². The van der Waals surface area contributed by atoms with Crippen LogP contribution >= 0.6 is 0 Å². The highest BCUT2D eigenvalue weighted by atomic mass is 16.5. The quantitative estimate of drug-likeness (QED) is 0.337. The normalized spacial score (nSPS) is 28.9. The third-order valence-corrected chi connectivity index (χ3v) is 8.98. The van der Waals surface area contributed by atoms with E-state index in [-0.39, 0.29) is 36.3 Å². The van der Waals surface area contributed by atoms with E-state index in [1.165, 1.54) is 0 Å². The fourth-order valence-electron chi connectivity index (χ4n) is 6.50. The molecule has 0 bridgehead atoms. The molecule has 9 heteroatoms. The van der Waals surface area contributed by atoms with Gasteiger partial charge in [0.25, 0.3) is 0 Å². The number of pyridine rings is 1. The van der Waals surface area contributed by atoms with Gasteiger partial charge < -0.3 is 25.0 Å². The number of hydrogen-bond donors (Lipinski definition) is 2. The fourth-order valence-corrected chi connectivity index (χ4v) is 6.50. The predicted molar refractivity (Wildman–Crippen MR) is 152 cm³/mol. The van der Waals surface area contributed by atoms with E-state index in [9.17, 15) is 14.4 Å². The number of Topliss-reactive ketones (excluding diaryl/α,β-unsaturated/α-hetero) is 1. The van der Waals surface area contributed by atoms with Crippen LogP contribution in [0, 0.1) is 11.8 Å². The second-order valence-electron chi connectivity index (χ2n) is 11.8. The van der Waals surface area contributed by atoms with E-state index in [0.717, 1.165) is 82.9 Å². The van der Waals surface area contributed by atoms with Crippen LogP contribution in [0.25, 0.3) is 0 Å². The van der Waals surface area contributed by atoms with Gasteiger partial charge in [-0.25, -0.2) is 0 Å². The summed E-state index contributed by atoms with van der Waals surface area (Å²) in [6.07, 6.45) is 14.6. The van der Waals surface area contributed by atoms with E-state index in [4.69, 9.17) is 9.47 Å². The Kier molecular flexibility index (Phi) is 11.9. The van der Waals surface area contributed by atoms with Gasteiger partial charge in [-0.15, -0.1) is 0 Å². The predicted octanol–water partition coefficient (Wildman–Crippen LogP) is 3.58. The van der Waals surface area contributed by atoms with Gasteiger partial charge in [-0.05, 0) is 89.3 Å². The fraction of sp³-hybridized carbons (Fsp3) is 0.742. The molecule has 0 aromatic carbocycles. The van der Waals surface area contributed by atoms with E-state index in [2.05, 4.69) is 15.6 Å². The lowest BCUT2D eigenvalue weighted by molar-refractivity contribution is -0.128. The van der Waals surface area contributed by atoms with Crippen molar-refractivity contribution in [2.75, 3.05) is 33.4 Å². The van der Waals surface area contributed by atoms with Crippen LogP contribution in [0.4, 0.5) is 0 Å². The van der Waals surface area contributed by atoms with E-state index < -0.39 is 5.92 Å². The zero-order chi connectivity index (χ0) is 28.3. The minimum Gasteiger partial charge on any atom is -0.378 e. The zero-order valence-corrected chi connectivity index (χ0v) is 24.3. The molecule has 0 spiro atoms. The van der Waals surface area contributed by atoms with Crippen molar-refractivity contribution in [1.82, 2.24) is 20.5 Å². The van der Waals surface area contributed by atoms with Gasteiger partial charge >= 0.3 is 0 Å². The molecule has 1 saturated heterocycles. The van der Waals surface area contributed by atoms with E-state index in [0.29, 0.717) is 31.1 Å². The van der Waals surface area contributed by atoms with Gasteiger partial charge in [0.05, 0.1) is 30.8 Å². The standard InChI is InChI=1S/C31H48N4O5/c1-22(36)23-7-9-25(10-8-23)33-16-3-4-18-39-26-11-13-27(14-12-26)40-19-17-34-31(38)28-20-29(37)35(2)30(28)24-6-5-15-32-21-24/h5-6,15,21,23,25-28,30,33H,3-4,7-14,16-20H2,1-2H3,(H,34,38)/t23?,25?,26?,27?,28-,30+/m0/s1. The molecule has 4 rings (SSSR count). The average Bonchev–Trinajstić information content (AvgIpc) is 3.28. The first-order chi connectivity index (χ1) is 19.4. The Bertz CT molecular complexity index is 944. The summed E-state index contributed by atoms with van der Waals surface area (Å²) < 4.78 is 12.2. The summed E-state index contributed by atoms with van der Waals surface area (Å²) in [7, 11) is 1.75. The molecule has 2 amide bonds. The molecule has 1 aromatic rings. The first-order valence-corrected chi connectivity index (χ1v) is 15.3. The molecule has 222 valence electrons. The zero-order valence-electron chi connectivity index (χ0n) is 24.3. The minimum absolute atomic E-state index is 0.0231. The smallest absolute Gasteiger partial charge is 0.226 e. The van der Waals surface area contributed by atoms with E-state index in [1.807, 2.05) is 12.1 Å². The molecule has 2 heterocycles. The van der Waals surface area contributed by atoms with Crippen LogP contribution in [-0.4, -0.2) is 79.1 Å². The molecule has 2 aliphatic carbocycles. The maximum absolute atomic E-state index is 12.9. The molecule has 9 nitrogen and oxygen atoms in total. The molecule has 2 atom stereocenters. The summed E-state index contributed by atoms with van der Waals surface area (Å²) in [6, 6.07) is 4.03. The number of unbranched alkanes of at least 4 members (excludes halogenated alkanes) is 1. The average molecular weight is 557 g/mol. The first kappa shape index (κ1) is 30.6. The number of rotatable bonds is 14. The molecule has 40 heavy (non-hydrogen) atoms. The Labute approximate surface area is 239 Å². The maximum atomic E-state index is 12.9. The molecular formula is C31H48N4O5. The van der Waals surface area contributed by atoms with Gasteiger partial charge in [0, 0.05) is 51.0 Å². The topological polar surface area (TPSA) is 110 Å². The van der Waals surface area contributed by atoms with Crippen molar-refractivity contribution in [3.63, 3.8) is 0 Å². The minimum atomic E-state index is -0.419. The molecule has 0 unspecified atom stereocenters. The molecule has 0 radical (unpaired) electrons. The Morgan fingerprint density at radius 1 is 0.975 bits per heavy atom. The van der Waals surface area contributed by atoms with Crippen molar-refractivity contribution in [2.24, 2.45) is 11.8 Å². The summed E-state index contributed by atoms with van der Waals surface area (Å²) in [5.74, 6) is 0.0881. The first-order valence-electron chi connectivity index (χ1n) is 15.3. The number of carbonyl (C=O) groups excluding carboxylic acids is 3. The number of amides is 2. The van der Waals surface area contributed by atoms with Gasteiger partial charge in [-0.3, -0.25) is 19.4 Å². The Morgan fingerprint density at radius 2 is 1.68 bits per heavy atom. The molecule has 1 aromatic heterocycles. The van der Waals surface area contributed by atoms with Crippen molar-refractivity contribution >= 4 is 17.6 Å². The third-order valence-electron chi connectivity index (χ3n) is 8.98. The molecule has 1 aliphatic heterocycles. The highest BCUT2D eigenvalue weighted by Crippen LogP contribution is 2.36. The number of nitrogens with one attached hydrogen (secondary N) is 2. The maximum Gasteiger partial charge on any atom is 0.226 e. The lowest BCUT2D eigenvalue weighted by atomic mass is 9.84. The molecule has 2 N–H and O–H groups in total. The number of nitrogens with zero attached hydrogens (tertiary/aromatic N) is 2. The molecule has 2 saturated carbocycles. The second kappa shape index (κ2) is 15.6. The SMILES string of the molecule is CC(=O)C1CCC(NCCCCOC2CCC(OCCNC(=O)[C@H]3CC(=O)N(C)[C@@H]3c3cccnc3)CC2)CC1. The van der Waals surface area contributed by atoms with Crippen LogP contribution in [0.1, 0.15) is 89.2 Å². The van der Waals surface area contributed by atoms with Crippen LogP contribution in [0.15, 0.2) is 24.5 Å². The molecular weight excluding hydrogens is 508 g/mol. The number of ether oxygens (including phenoxy) is 2. The molecule has 3 fully saturated rings.